The van der Waals surface area contributed by atoms with Crippen LogP contribution in [0.3, 0.4) is 0 Å². The lowest BCUT2D eigenvalue weighted by Gasteiger charge is -2.30. The Morgan fingerprint density at radius 2 is 1.50 bits per heavy atom. The SMILES string of the molecule is COC(=O)C1CC1c1cccc(N(Cc2ccc(-c3ccc(N(C)C)cc3)cc2)C(=O)C2CCCCC2)c1. The summed E-state index contributed by atoms with van der Waals surface area (Å²) >= 11 is 0. The summed E-state index contributed by atoms with van der Waals surface area (Å²) in [5.74, 6) is 0.243. The first-order valence-electron chi connectivity index (χ1n) is 13.8. The second-order valence-electron chi connectivity index (χ2n) is 11.0. The average molecular weight is 511 g/mol. The van der Waals surface area contributed by atoms with Gasteiger partial charge in [-0.1, -0.05) is 67.8 Å². The number of carbonyl (C=O) groups excluding carboxylic acids is 2. The molecule has 3 aromatic rings. The van der Waals surface area contributed by atoms with Gasteiger partial charge in [0.15, 0.2) is 0 Å². The molecule has 0 bridgehead atoms. The van der Waals surface area contributed by atoms with Crippen LogP contribution in [0.4, 0.5) is 11.4 Å². The zero-order valence-electron chi connectivity index (χ0n) is 22.7. The van der Waals surface area contributed by atoms with Crippen LogP contribution < -0.4 is 9.80 Å². The largest absolute Gasteiger partial charge is 0.469 e. The predicted molar refractivity (Wildman–Crippen MR) is 153 cm³/mol. The van der Waals surface area contributed by atoms with E-state index in [9.17, 15) is 9.59 Å². The minimum absolute atomic E-state index is 0.0721. The summed E-state index contributed by atoms with van der Waals surface area (Å²) in [6.45, 7) is 0.531. The number of rotatable bonds is 8. The number of nitrogens with zero attached hydrogens (tertiary/aromatic N) is 2. The average Bonchev–Trinajstić information content (AvgIpc) is 3.77. The Morgan fingerprint density at radius 3 is 2.13 bits per heavy atom. The molecule has 2 saturated carbocycles. The van der Waals surface area contributed by atoms with Crippen LogP contribution in [-0.4, -0.2) is 33.1 Å². The predicted octanol–water partition coefficient (Wildman–Crippen LogP) is 6.81. The maximum absolute atomic E-state index is 13.8. The summed E-state index contributed by atoms with van der Waals surface area (Å²) in [5, 5.41) is 0. The number of anilines is 2. The summed E-state index contributed by atoms with van der Waals surface area (Å²) in [5.41, 5.74) is 6.64. The minimum Gasteiger partial charge on any atom is -0.469 e. The van der Waals surface area contributed by atoms with Crippen LogP contribution in [0.15, 0.2) is 72.8 Å². The third-order valence-corrected chi connectivity index (χ3v) is 8.14. The Kier molecular flexibility index (Phi) is 7.82. The molecule has 5 heteroatoms. The van der Waals surface area contributed by atoms with E-state index in [4.69, 9.17) is 4.74 Å². The Bertz CT molecular complexity index is 1260. The number of carbonyl (C=O) groups is 2. The van der Waals surface area contributed by atoms with Crippen molar-refractivity contribution < 1.29 is 14.3 Å². The van der Waals surface area contributed by atoms with E-state index in [-0.39, 0.29) is 29.6 Å². The van der Waals surface area contributed by atoms with Gasteiger partial charge in [-0.15, -0.1) is 0 Å². The Hall–Kier alpha value is -3.60. The Labute approximate surface area is 226 Å². The molecule has 2 aliphatic rings. The van der Waals surface area contributed by atoms with Gasteiger partial charge in [0.05, 0.1) is 19.6 Å². The van der Waals surface area contributed by atoms with Crippen molar-refractivity contribution in [3.63, 3.8) is 0 Å². The molecule has 0 spiro atoms. The highest BCUT2D eigenvalue weighted by molar-refractivity contribution is 5.95. The number of amides is 1. The molecule has 2 aliphatic carbocycles. The van der Waals surface area contributed by atoms with E-state index in [1.165, 1.54) is 24.8 Å². The van der Waals surface area contributed by atoms with E-state index in [1.54, 1.807) is 0 Å². The molecule has 5 nitrogen and oxygen atoms in total. The first-order chi connectivity index (χ1) is 18.4. The van der Waals surface area contributed by atoms with Crippen LogP contribution >= 0.6 is 0 Å². The molecule has 2 unspecified atom stereocenters. The number of ether oxygens (including phenoxy) is 1. The maximum atomic E-state index is 13.8. The summed E-state index contributed by atoms with van der Waals surface area (Å²) in [7, 11) is 5.53. The van der Waals surface area contributed by atoms with Gasteiger partial charge in [0.25, 0.3) is 0 Å². The number of methoxy groups -OCH3 is 1. The summed E-state index contributed by atoms with van der Waals surface area (Å²) in [4.78, 5) is 29.9. The standard InChI is InChI=1S/C33H38N2O3/c1-34(2)28-18-16-25(17-19-28)24-14-12-23(13-15-24)22-35(32(36)26-8-5-4-6-9-26)29-11-7-10-27(20-29)30-21-31(30)33(37)38-3/h7,10-20,26,30-31H,4-6,8-9,21-22H2,1-3H3. The lowest BCUT2D eigenvalue weighted by Crippen LogP contribution is -2.36. The second kappa shape index (κ2) is 11.4. The molecular formula is C33H38N2O3. The molecule has 5 rings (SSSR count). The van der Waals surface area contributed by atoms with Crippen molar-refractivity contribution in [2.24, 2.45) is 11.8 Å². The van der Waals surface area contributed by atoms with Crippen molar-refractivity contribution in [3.05, 3.63) is 83.9 Å². The third-order valence-electron chi connectivity index (χ3n) is 8.14. The van der Waals surface area contributed by atoms with Crippen LogP contribution in [0.25, 0.3) is 11.1 Å². The van der Waals surface area contributed by atoms with E-state index in [2.05, 4.69) is 65.6 Å². The molecule has 0 N–H and O–H groups in total. The van der Waals surface area contributed by atoms with E-state index in [0.29, 0.717) is 6.54 Å². The van der Waals surface area contributed by atoms with Gasteiger partial charge in [-0.2, -0.15) is 0 Å². The molecule has 3 aromatic carbocycles. The first-order valence-corrected chi connectivity index (χ1v) is 13.8. The van der Waals surface area contributed by atoms with Gasteiger partial charge in [0.1, 0.15) is 0 Å². The monoisotopic (exact) mass is 510 g/mol. The zero-order chi connectivity index (χ0) is 26.6. The first kappa shape index (κ1) is 26.0. The summed E-state index contributed by atoms with van der Waals surface area (Å²) < 4.78 is 4.95. The quantitative estimate of drug-likeness (QED) is 0.312. The maximum Gasteiger partial charge on any atom is 0.309 e. The van der Waals surface area contributed by atoms with Crippen LogP contribution in [0.1, 0.15) is 55.6 Å². The Morgan fingerprint density at radius 1 is 0.842 bits per heavy atom. The molecular weight excluding hydrogens is 472 g/mol. The van der Waals surface area contributed by atoms with E-state index < -0.39 is 0 Å². The third kappa shape index (κ3) is 5.77. The van der Waals surface area contributed by atoms with Gasteiger partial charge in [-0.25, -0.2) is 0 Å². The molecule has 0 saturated heterocycles. The van der Waals surface area contributed by atoms with Crippen molar-refractivity contribution in [2.45, 2.75) is 51.0 Å². The van der Waals surface area contributed by atoms with Crippen LogP contribution in [0, 0.1) is 11.8 Å². The highest BCUT2D eigenvalue weighted by Crippen LogP contribution is 2.48. The van der Waals surface area contributed by atoms with Gasteiger partial charge in [-0.05, 0) is 71.7 Å². The fourth-order valence-electron chi connectivity index (χ4n) is 5.70. The van der Waals surface area contributed by atoms with Crippen LogP contribution in [0.2, 0.25) is 0 Å². The number of hydrogen-bond acceptors (Lipinski definition) is 4. The normalized spacial score (nSPS) is 19.0. The van der Waals surface area contributed by atoms with E-state index in [1.807, 2.05) is 31.1 Å². The molecule has 0 heterocycles. The zero-order valence-corrected chi connectivity index (χ0v) is 22.7. The van der Waals surface area contributed by atoms with Gasteiger partial charge < -0.3 is 14.5 Å². The van der Waals surface area contributed by atoms with E-state index >= 15 is 0 Å². The van der Waals surface area contributed by atoms with E-state index in [0.717, 1.165) is 54.5 Å². The molecule has 0 aliphatic heterocycles. The molecule has 1 amide bonds. The lowest BCUT2D eigenvalue weighted by atomic mass is 9.88. The topological polar surface area (TPSA) is 49.9 Å². The number of esters is 1. The van der Waals surface area contributed by atoms with Crippen molar-refractivity contribution in [2.75, 3.05) is 31.0 Å². The fraction of sp³-hybridized carbons (Fsp3) is 0.394. The smallest absolute Gasteiger partial charge is 0.309 e. The highest BCUT2D eigenvalue weighted by atomic mass is 16.5. The highest BCUT2D eigenvalue weighted by Gasteiger charge is 2.45. The minimum atomic E-state index is -0.146. The van der Waals surface area contributed by atoms with Gasteiger partial charge in [-0.3, -0.25) is 9.59 Å². The Balaban J connectivity index is 1.38. The molecule has 0 aromatic heterocycles. The van der Waals surface area contributed by atoms with Crippen molar-refractivity contribution in [1.29, 1.82) is 0 Å². The molecule has 0 radical (unpaired) electrons. The van der Waals surface area contributed by atoms with Crippen LogP contribution in [-0.2, 0) is 20.9 Å². The lowest BCUT2D eigenvalue weighted by molar-refractivity contribution is -0.142. The van der Waals surface area contributed by atoms with Crippen molar-refractivity contribution >= 4 is 23.3 Å². The van der Waals surface area contributed by atoms with Gasteiger partial charge in [0, 0.05) is 31.4 Å². The fourth-order valence-corrected chi connectivity index (χ4v) is 5.70. The molecule has 2 fully saturated rings. The van der Waals surface area contributed by atoms with Crippen molar-refractivity contribution in [3.8, 4) is 11.1 Å². The molecule has 198 valence electrons. The summed E-state index contributed by atoms with van der Waals surface area (Å²) in [6.07, 6.45) is 6.19. The van der Waals surface area contributed by atoms with Crippen LogP contribution in [0.5, 0.6) is 0 Å². The molecule has 38 heavy (non-hydrogen) atoms. The molecule has 2 atom stereocenters. The van der Waals surface area contributed by atoms with Gasteiger partial charge >= 0.3 is 5.97 Å². The summed E-state index contributed by atoms with van der Waals surface area (Å²) in [6, 6.07) is 25.3. The number of hydrogen-bond donors (Lipinski definition) is 0. The number of benzene rings is 3. The van der Waals surface area contributed by atoms with Gasteiger partial charge in [0.2, 0.25) is 5.91 Å². The second-order valence-corrected chi connectivity index (χ2v) is 11.0. The van der Waals surface area contributed by atoms with Crippen molar-refractivity contribution in [1.82, 2.24) is 0 Å².